The van der Waals surface area contributed by atoms with Crippen LogP contribution in [0.15, 0.2) is 97.3 Å². The van der Waals surface area contributed by atoms with Crippen molar-refractivity contribution < 1.29 is 33.8 Å². The Labute approximate surface area is 402 Å². The summed E-state index contributed by atoms with van der Waals surface area (Å²) in [5.41, 5.74) is 3.17. The van der Waals surface area contributed by atoms with Crippen molar-refractivity contribution >= 4 is 46.9 Å². The Morgan fingerprint density at radius 3 is 2.33 bits per heavy atom. The summed E-state index contributed by atoms with van der Waals surface area (Å²) in [7, 11) is 9.09. The zero-order valence-corrected chi connectivity index (χ0v) is 40.4. The number of rotatable bonds is 21. The molecule has 1 fully saturated rings. The molecule has 0 bridgehead atoms. The summed E-state index contributed by atoms with van der Waals surface area (Å²) >= 11 is 12.7. The Morgan fingerprint density at radius 2 is 1.66 bits per heavy atom. The van der Waals surface area contributed by atoms with E-state index in [0.29, 0.717) is 53.9 Å². The van der Waals surface area contributed by atoms with Crippen molar-refractivity contribution in [1.82, 2.24) is 39.9 Å². The van der Waals surface area contributed by atoms with E-state index in [-0.39, 0.29) is 38.4 Å². The second kappa shape index (κ2) is 23.3. The third-order valence-corrected chi connectivity index (χ3v) is 12.7. The number of likely N-dealkylation sites (N-methyl/N-ethyl adjacent to an activating group) is 1. The van der Waals surface area contributed by atoms with Crippen LogP contribution in [0.3, 0.4) is 0 Å². The second-order valence-corrected chi connectivity index (χ2v) is 18.4. The number of nitrogens with one attached hydrogen (secondary N) is 2. The average Bonchev–Trinajstić information content (AvgIpc) is 3.66. The molecule has 5 aromatic rings. The minimum Gasteiger partial charge on any atom is -0.481 e. The molecule has 0 radical (unpaired) electrons. The number of carboxylic acids is 1. The van der Waals surface area contributed by atoms with Gasteiger partial charge in [0, 0.05) is 56.4 Å². The number of pyridine rings is 1. The van der Waals surface area contributed by atoms with Crippen molar-refractivity contribution in [2.24, 2.45) is 13.0 Å². The first-order valence-electron chi connectivity index (χ1n) is 22.2. The molecule has 15 nitrogen and oxygen atoms in total. The molecule has 1 saturated heterocycles. The lowest BCUT2D eigenvalue weighted by Crippen LogP contribution is -2.65. The Balaban J connectivity index is 1.15. The van der Waals surface area contributed by atoms with Crippen molar-refractivity contribution in [2.75, 3.05) is 47.9 Å². The van der Waals surface area contributed by atoms with Gasteiger partial charge >= 0.3 is 5.97 Å². The molecule has 3 amide bonds. The summed E-state index contributed by atoms with van der Waals surface area (Å²) < 4.78 is 13.8. The normalized spacial score (nSPS) is 16.3. The first-order valence-corrected chi connectivity index (χ1v) is 23.0. The zero-order valence-electron chi connectivity index (χ0n) is 38.9. The van der Waals surface area contributed by atoms with Crippen LogP contribution in [0.2, 0.25) is 10.0 Å². The zero-order chi connectivity index (χ0) is 48.3. The first-order chi connectivity index (χ1) is 32.0. The number of aromatic nitrogens is 3. The number of benzene rings is 3. The number of halogens is 2. The smallest absolute Gasteiger partial charge is 0.304 e. The molecule has 3 aromatic carbocycles. The fourth-order valence-electron chi connectivity index (χ4n) is 8.50. The highest BCUT2D eigenvalue weighted by molar-refractivity contribution is 6.31. The SMILES string of the molecule is COC[C@H](NC(=O)[C@H](C)NCc1ccc(Cl)cc1Oc1ccc(-c2cnc(CN(C)C)n2C)nc1)C(=O)N(C)[C@@]1(Cc2ccc(Cl)cc2)CCCN(C(=O)[C@@H](CC(=O)O)Cc2ccccc2)C1. The van der Waals surface area contributed by atoms with Crippen molar-refractivity contribution in [3.05, 3.63) is 130 Å². The number of carboxylic acid groups (broad SMARTS) is 1. The van der Waals surface area contributed by atoms with Crippen molar-refractivity contribution in [3.63, 3.8) is 0 Å². The van der Waals surface area contributed by atoms with E-state index in [1.807, 2.05) is 86.4 Å². The molecule has 356 valence electrons. The molecule has 0 saturated carbocycles. The minimum absolute atomic E-state index is 0.112. The van der Waals surface area contributed by atoms with E-state index in [1.165, 1.54) is 7.11 Å². The number of likely N-dealkylation sites (tertiary alicyclic amines) is 1. The van der Waals surface area contributed by atoms with Gasteiger partial charge in [0.15, 0.2) is 0 Å². The maximum Gasteiger partial charge on any atom is 0.304 e. The molecule has 6 rings (SSSR count). The lowest BCUT2D eigenvalue weighted by atomic mass is 9.80. The molecule has 0 spiro atoms. The standard InChI is InChI=1S/C50H60Cl2N8O7/c1-33(53-27-36-15-18-39(52)25-44(36)67-40-19-20-41(54-28-40)43-29-55-45(58(43)4)30-57(2)3)47(63)56-42(31-66-6)49(65)59(5)50(26-35-13-16-38(51)17-14-35)21-10-22-60(32-50)48(64)37(24-46(61)62)23-34-11-8-7-9-12-34/h7-9,11-20,25,28-29,33,37,42,53H,10,21-24,26-27,30-32H2,1-6H3,(H,56,63)(H,61,62)/t33-,37+,42-,50+/m0/s1. The van der Waals surface area contributed by atoms with Gasteiger partial charge in [0.1, 0.15) is 23.4 Å². The lowest BCUT2D eigenvalue weighted by Gasteiger charge is -2.49. The van der Waals surface area contributed by atoms with E-state index in [0.717, 1.165) is 33.9 Å². The number of amides is 3. The number of methoxy groups -OCH3 is 1. The lowest BCUT2D eigenvalue weighted by molar-refractivity contribution is -0.151. The van der Waals surface area contributed by atoms with E-state index in [9.17, 15) is 24.3 Å². The third-order valence-electron chi connectivity index (χ3n) is 12.2. The molecular weight excluding hydrogens is 896 g/mol. The quantitative estimate of drug-likeness (QED) is 0.0720. The number of carbonyl (C=O) groups excluding carboxylic acids is 3. The van der Waals surface area contributed by atoms with E-state index in [4.69, 9.17) is 32.7 Å². The number of hydrogen-bond donors (Lipinski definition) is 3. The number of nitrogens with zero attached hydrogens (tertiary/aromatic N) is 6. The summed E-state index contributed by atoms with van der Waals surface area (Å²) in [5.74, 6) is -1.11. The van der Waals surface area contributed by atoms with Gasteiger partial charge in [0.2, 0.25) is 17.7 Å². The largest absolute Gasteiger partial charge is 0.481 e. The Morgan fingerprint density at radius 1 is 0.925 bits per heavy atom. The Bertz CT molecular complexity index is 2470. The second-order valence-electron chi connectivity index (χ2n) is 17.5. The van der Waals surface area contributed by atoms with Gasteiger partial charge in [-0.25, -0.2) is 4.98 Å². The van der Waals surface area contributed by atoms with E-state index >= 15 is 0 Å². The summed E-state index contributed by atoms with van der Waals surface area (Å²) in [6, 6.07) is 23.8. The van der Waals surface area contributed by atoms with Crippen LogP contribution in [0.4, 0.5) is 0 Å². The fraction of sp³-hybridized carbons (Fsp3) is 0.400. The number of aliphatic carboxylic acids is 1. The molecule has 3 N–H and O–H groups in total. The van der Waals surface area contributed by atoms with Crippen molar-refractivity contribution in [2.45, 2.75) is 69.7 Å². The predicted octanol–water partition coefficient (Wildman–Crippen LogP) is 6.65. The average molecular weight is 956 g/mol. The van der Waals surface area contributed by atoms with Crippen LogP contribution in [0.5, 0.6) is 11.5 Å². The first kappa shape index (κ1) is 50.6. The van der Waals surface area contributed by atoms with Gasteiger partial charge in [-0.05, 0) is 94.2 Å². The number of carbonyl (C=O) groups is 4. The van der Waals surface area contributed by atoms with Crippen LogP contribution in [-0.4, -0.2) is 124 Å². The van der Waals surface area contributed by atoms with E-state index in [1.54, 1.807) is 60.4 Å². The summed E-state index contributed by atoms with van der Waals surface area (Å²) in [6.45, 7) is 3.06. The van der Waals surface area contributed by atoms with Gasteiger partial charge in [-0.1, -0.05) is 71.7 Å². The summed E-state index contributed by atoms with van der Waals surface area (Å²) in [5, 5.41) is 17.0. The van der Waals surface area contributed by atoms with Crippen molar-refractivity contribution in [1.29, 1.82) is 0 Å². The van der Waals surface area contributed by atoms with Gasteiger partial charge in [-0.3, -0.25) is 24.2 Å². The number of hydrogen-bond acceptors (Lipinski definition) is 10. The minimum atomic E-state index is -1.08. The van der Waals surface area contributed by atoms with E-state index in [2.05, 4.69) is 25.5 Å². The Kier molecular flexibility index (Phi) is 17.5. The molecule has 67 heavy (non-hydrogen) atoms. The topological polar surface area (TPSA) is 171 Å². The van der Waals surface area contributed by atoms with Crippen LogP contribution in [0, 0.1) is 5.92 Å². The molecule has 4 atom stereocenters. The summed E-state index contributed by atoms with van der Waals surface area (Å²) in [6.07, 6.45) is 4.85. The van der Waals surface area contributed by atoms with Crippen LogP contribution < -0.4 is 15.4 Å². The molecule has 1 aliphatic rings. The highest BCUT2D eigenvalue weighted by atomic mass is 35.5. The molecule has 1 aliphatic heterocycles. The van der Waals surface area contributed by atoms with Crippen LogP contribution in [0.25, 0.3) is 11.4 Å². The Hall–Kier alpha value is -5.84. The highest BCUT2D eigenvalue weighted by Crippen LogP contribution is 2.34. The third kappa shape index (κ3) is 13.4. The summed E-state index contributed by atoms with van der Waals surface area (Å²) in [4.78, 5) is 69.5. The molecule has 17 heteroatoms. The van der Waals surface area contributed by atoms with E-state index < -0.39 is 41.3 Å². The fourth-order valence-corrected chi connectivity index (χ4v) is 8.79. The van der Waals surface area contributed by atoms with Crippen LogP contribution >= 0.6 is 23.2 Å². The molecule has 2 aromatic heterocycles. The van der Waals surface area contributed by atoms with Crippen LogP contribution in [0.1, 0.15) is 48.7 Å². The van der Waals surface area contributed by atoms with Gasteiger partial charge < -0.3 is 44.5 Å². The molecule has 0 unspecified atom stereocenters. The maximum atomic E-state index is 14.7. The predicted molar refractivity (Wildman–Crippen MR) is 258 cm³/mol. The number of ether oxygens (including phenoxy) is 2. The van der Waals surface area contributed by atoms with Gasteiger partial charge in [0.25, 0.3) is 0 Å². The maximum absolute atomic E-state index is 14.7. The number of imidazole rings is 1. The van der Waals surface area contributed by atoms with Gasteiger partial charge in [0.05, 0.1) is 60.9 Å². The molecule has 0 aliphatic carbocycles. The highest BCUT2D eigenvalue weighted by Gasteiger charge is 2.45. The molecular formula is C50H60Cl2N8O7. The van der Waals surface area contributed by atoms with Crippen LogP contribution in [-0.2, 0) is 56.9 Å². The van der Waals surface area contributed by atoms with Gasteiger partial charge in [-0.15, -0.1) is 0 Å². The van der Waals surface area contributed by atoms with Gasteiger partial charge in [-0.2, -0.15) is 0 Å². The molecule has 3 heterocycles. The monoisotopic (exact) mass is 954 g/mol. The van der Waals surface area contributed by atoms with Crippen molar-refractivity contribution in [3.8, 4) is 22.9 Å². The number of piperidine rings is 1.